The van der Waals surface area contributed by atoms with E-state index in [0.29, 0.717) is 17.0 Å². The summed E-state index contributed by atoms with van der Waals surface area (Å²) in [4.78, 5) is 16.9. The molecular weight excluding hydrogens is 396 g/mol. The maximum Gasteiger partial charge on any atom is 0.261 e. The molecule has 0 aliphatic carbocycles. The second-order valence-electron chi connectivity index (χ2n) is 6.71. The predicted molar refractivity (Wildman–Crippen MR) is 104 cm³/mol. The second kappa shape index (κ2) is 7.29. The average Bonchev–Trinajstić information content (AvgIpc) is 3.06. The first-order chi connectivity index (χ1) is 12.3. The molecule has 1 aromatic carbocycles. The Balaban J connectivity index is 1.79. The van der Waals surface area contributed by atoms with Gasteiger partial charge in [0.2, 0.25) is 5.88 Å². The summed E-state index contributed by atoms with van der Waals surface area (Å²) in [5, 5.41) is 7.12. The molecule has 6 nitrogen and oxygen atoms in total. The van der Waals surface area contributed by atoms with Gasteiger partial charge in [0.15, 0.2) is 0 Å². The highest BCUT2D eigenvalue weighted by atomic mass is 79.9. The fraction of sp³-hybridized carbons (Fsp3) is 0.211. The van der Waals surface area contributed by atoms with Crippen LogP contribution in [0, 0.1) is 0 Å². The Bertz CT molecular complexity index is 914. The van der Waals surface area contributed by atoms with Gasteiger partial charge < -0.3 is 10.1 Å². The minimum Gasteiger partial charge on any atom is -0.438 e. The summed E-state index contributed by atoms with van der Waals surface area (Å²) in [5.74, 6) is 0.538. The van der Waals surface area contributed by atoms with E-state index >= 15 is 0 Å². The molecule has 1 amide bonds. The molecule has 0 unspecified atom stereocenters. The highest BCUT2D eigenvalue weighted by Gasteiger charge is 2.18. The van der Waals surface area contributed by atoms with Crippen LogP contribution < -0.4 is 10.1 Å². The van der Waals surface area contributed by atoms with Crippen molar-refractivity contribution in [1.29, 1.82) is 0 Å². The molecule has 0 fully saturated rings. The molecule has 0 aliphatic heterocycles. The molecule has 0 spiro atoms. The van der Waals surface area contributed by atoms with Crippen LogP contribution in [0.3, 0.4) is 0 Å². The SMILES string of the molecule is CC(C)(C)n1cc(NC(=O)c2cccnc2Oc2ccc(Br)cc2)cn1. The second-order valence-corrected chi connectivity index (χ2v) is 7.63. The van der Waals surface area contributed by atoms with E-state index in [1.54, 1.807) is 47.5 Å². The zero-order valence-electron chi connectivity index (χ0n) is 14.7. The zero-order valence-corrected chi connectivity index (χ0v) is 16.3. The van der Waals surface area contributed by atoms with Crippen molar-refractivity contribution in [2.75, 3.05) is 5.32 Å². The van der Waals surface area contributed by atoms with Crippen LogP contribution in [0.15, 0.2) is 59.5 Å². The van der Waals surface area contributed by atoms with Gasteiger partial charge in [-0.1, -0.05) is 15.9 Å². The van der Waals surface area contributed by atoms with E-state index in [-0.39, 0.29) is 17.3 Å². The van der Waals surface area contributed by atoms with E-state index in [4.69, 9.17) is 4.74 Å². The first-order valence-electron chi connectivity index (χ1n) is 8.08. The number of carbonyl (C=O) groups excluding carboxylic acids is 1. The predicted octanol–water partition coefficient (Wildman–Crippen LogP) is 4.84. The Morgan fingerprint density at radius 1 is 1.19 bits per heavy atom. The number of rotatable bonds is 4. The molecule has 3 rings (SSSR count). The van der Waals surface area contributed by atoms with E-state index in [0.717, 1.165) is 4.47 Å². The van der Waals surface area contributed by atoms with Crippen LogP contribution in [0.1, 0.15) is 31.1 Å². The molecule has 2 heterocycles. The highest BCUT2D eigenvalue weighted by Crippen LogP contribution is 2.25. The number of ether oxygens (including phenoxy) is 1. The molecule has 134 valence electrons. The standard InChI is InChI=1S/C19H19BrN4O2/c1-19(2,3)24-12-14(11-22-24)23-17(25)16-5-4-10-21-18(16)26-15-8-6-13(20)7-9-15/h4-12H,1-3H3,(H,23,25). The molecule has 0 atom stereocenters. The third-order valence-electron chi connectivity index (χ3n) is 3.57. The number of carbonyl (C=O) groups is 1. The molecule has 7 heteroatoms. The smallest absolute Gasteiger partial charge is 0.261 e. The first kappa shape index (κ1) is 18.1. The van der Waals surface area contributed by atoms with Crippen molar-refractivity contribution in [1.82, 2.24) is 14.8 Å². The summed E-state index contributed by atoms with van der Waals surface area (Å²) >= 11 is 3.38. The van der Waals surface area contributed by atoms with Gasteiger partial charge in [-0.05, 0) is 57.2 Å². The zero-order chi connectivity index (χ0) is 18.7. The first-order valence-corrected chi connectivity index (χ1v) is 8.87. The number of aromatic nitrogens is 3. The minimum absolute atomic E-state index is 0.160. The van der Waals surface area contributed by atoms with E-state index < -0.39 is 0 Å². The van der Waals surface area contributed by atoms with Gasteiger partial charge >= 0.3 is 0 Å². The summed E-state index contributed by atoms with van der Waals surface area (Å²) in [6.07, 6.45) is 5.00. The Morgan fingerprint density at radius 2 is 1.92 bits per heavy atom. The molecule has 0 bridgehead atoms. The third-order valence-corrected chi connectivity index (χ3v) is 4.10. The number of hydrogen-bond acceptors (Lipinski definition) is 4. The molecule has 0 saturated carbocycles. The Morgan fingerprint density at radius 3 is 2.58 bits per heavy atom. The maximum absolute atomic E-state index is 12.7. The van der Waals surface area contributed by atoms with Crippen molar-refractivity contribution in [2.24, 2.45) is 0 Å². The molecule has 1 N–H and O–H groups in total. The van der Waals surface area contributed by atoms with Crippen molar-refractivity contribution in [3.8, 4) is 11.6 Å². The lowest BCUT2D eigenvalue weighted by Crippen LogP contribution is -2.22. The van der Waals surface area contributed by atoms with Crippen LogP contribution in [-0.2, 0) is 5.54 Å². The van der Waals surface area contributed by atoms with Crippen molar-refractivity contribution in [2.45, 2.75) is 26.3 Å². The number of pyridine rings is 1. The van der Waals surface area contributed by atoms with Crippen LogP contribution >= 0.6 is 15.9 Å². The number of nitrogens with zero attached hydrogens (tertiary/aromatic N) is 3. The summed E-state index contributed by atoms with van der Waals surface area (Å²) < 4.78 is 8.51. The van der Waals surface area contributed by atoms with Crippen LogP contribution in [0.2, 0.25) is 0 Å². The Kier molecular flexibility index (Phi) is 5.08. The fourth-order valence-corrected chi connectivity index (χ4v) is 2.48. The lowest BCUT2D eigenvalue weighted by Gasteiger charge is -2.18. The molecule has 0 aliphatic rings. The van der Waals surface area contributed by atoms with Crippen molar-refractivity contribution < 1.29 is 9.53 Å². The van der Waals surface area contributed by atoms with Gasteiger partial charge in [-0.3, -0.25) is 9.48 Å². The molecule has 2 aromatic heterocycles. The van der Waals surface area contributed by atoms with E-state index in [2.05, 4.69) is 31.3 Å². The number of hydrogen-bond donors (Lipinski definition) is 1. The quantitative estimate of drug-likeness (QED) is 0.662. The number of anilines is 1. The Hall–Kier alpha value is -2.67. The molecular formula is C19H19BrN4O2. The molecule has 3 aromatic rings. The summed E-state index contributed by atoms with van der Waals surface area (Å²) in [7, 11) is 0. The molecule has 26 heavy (non-hydrogen) atoms. The normalized spacial score (nSPS) is 11.2. The highest BCUT2D eigenvalue weighted by molar-refractivity contribution is 9.10. The fourth-order valence-electron chi connectivity index (χ4n) is 2.21. The number of amides is 1. The van der Waals surface area contributed by atoms with E-state index in [1.807, 2.05) is 32.9 Å². The largest absolute Gasteiger partial charge is 0.438 e. The van der Waals surface area contributed by atoms with Gasteiger partial charge in [0, 0.05) is 16.9 Å². The van der Waals surface area contributed by atoms with Gasteiger partial charge in [-0.15, -0.1) is 0 Å². The van der Waals surface area contributed by atoms with E-state index in [9.17, 15) is 4.79 Å². The topological polar surface area (TPSA) is 69.0 Å². The van der Waals surface area contributed by atoms with Gasteiger partial charge in [0.1, 0.15) is 11.3 Å². The van der Waals surface area contributed by atoms with Crippen molar-refractivity contribution in [3.63, 3.8) is 0 Å². The summed E-state index contributed by atoms with van der Waals surface area (Å²) in [5.41, 5.74) is 0.801. The summed E-state index contributed by atoms with van der Waals surface area (Å²) in [6.45, 7) is 6.12. The van der Waals surface area contributed by atoms with Crippen molar-refractivity contribution >= 4 is 27.5 Å². The molecule has 0 radical (unpaired) electrons. The van der Waals surface area contributed by atoms with Crippen molar-refractivity contribution in [3.05, 3.63) is 65.0 Å². The lowest BCUT2D eigenvalue weighted by molar-refractivity contribution is 0.102. The molecule has 0 saturated heterocycles. The minimum atomic E-state index is -0.307. The van der Waals surface area contributed by atoms with Crippen LogP contribution in [-0.4, -0.2) is 20.7 Å². The lowest BCUT2D eigenvalue weighted by atomic mass is 10.1. The number of nitrogens with one attached hydrogen (secondary N) is 1. The van der Waals surface area contributed by atoms with E-state index in [1.165, 1.54) is 0 Å². The maximum atomic E-state index is 12.7. The van der Waals surface area contributed by atoms with Crippen LogP contribution in [0.25, 0.3) is 0 Å². The van der Waals surface area contributed by atoms with Crippen LogP contribution in [0.5, 0.6) is 11.6 Å². The Labute approximate surface area is 160 Å². The monoisotopic (exact) mass is 414 g/mol. The average molecular weight is 415 g/mol. The third kappa shape index (κ3) is 4.29. The van der Waals surface area contributed by atoms with Gasteiger partial charge in [-0.25, -0.2) is 4.98 Å². The van der Waals surface area contributed by atoms with Gasteiger partial charge in [0.05, 0.1) is 17.4 Å². The van der Waals surface area contributed by atoms with Crippen LogP contribution in [0.4, 0.5) is 5.69 Å². The number of halogens is 1. The van der Waals surface area contributed by atoms with Gasteiger partial charge in [-0.2, -0.15) is 5.10 Å². The van der Waals surface area contributed by atoms with Gasteiger partial charge in [0.25, 0.3) is 5.91 Å². The summed E-state index contributed by atoms with van der Waals surface area (Å²) in [6, 6.07) is 10.7. The number of benzene rings is 1.